The molecule has 0 fully saturated rings. The maximum Gasteiger partial charge on any atom is 0.251 e. The van der Waals surface area contributed by atoms with E-state index in [-0.39, 0.29) is 11.8 Å². The second-order valence-corrected chi connectivity index (χ2v) is 5.88. The van der Waals surface area contributed by atoms with Crippen molar-refractivity contribution >= 4 is 17.5 Å². The van der Waals surface area contributed by atoms with Crippen LogP contribution in [0, 0.1) is 6.92 Å². The lowest BCUT2D eigenvalue weighted by Gasteiger charge is -2.12. The van der Waals surface area contributed by atoms with Gasteiger partial charge in [-0.1, -0.05) is 29.8 Å². The summed E-state index contributed by atoms with van der Waals surface area (Å²) >= 11 is 0. The molecule has 0 saturated heterocycles. The maximum absolute atomic E-state index is 12.2. The number of methoxy groups -OCH3 is 1. The van der Waals surface area contributed by atoms with Gasteiger partial charge in [0, 0.05) is 19.0 Å². The van der Waals surface area contributed by atoms with Gasteiger partial charge in [0.2, 0.25) is 5.91 Å². The Bertz CT molecular complexity index is 739. The zero-order chi connectivity index (χ0) is 18.2. The van der Waals surface area contributed by atoms with Gasteiger partial charge >= 0.3 is 0 Å². The summed E-state index contributed by atoms with van der Waals surface area (Å²) < 4.78 is 5.25. The third kappa shape index (κ3) is 5.35. The summed E-state index contributed by atoms with van der Waals surface area (Å²) in [6.45, 7) is 2.05. The quantitative estimate of drug-likeness (QED) is 0.812. The van der Waals surface area contributed by atoms with Crippen molar-refractivity contribution in [2.24, 2.45) is 0 Å². The van der Waals surface area contributed by atoms with E-state index in [0.29, 0.717) is 23.4 Å². The molecule has 132 valence electrons. The summed E-state index contributed by atoms with van der Waals surface area (Å²) in [5, 5.41) is 5.40. The SMILES string of the molecule is CNC(=O)c1ccc(OC)c(NC(=O)CCCc2ccc(C)cc2)c1. The highest BCUT2D eigenvalue weighted by Crippen LogP contribution is 2.25. The van der Waals surface area contributed by atoms with Gasteiger partial charge in [-0.25, -0.2) is 0 Å². The molecule has 2 amide bonds. The van der Waals surface area contributed by atoms with Gasteiger partial charge in [-0.2, -0.15) is 0 Å². The van der Waals surface area contributed by atoms with Crippen LogP contribution in [0.1, 0.15) is 34.3 Å². The van der Waals surface area contributed by atoms with E-state index in [2.05, 4.69) is 41.8 Å². The minimum Gasteiger partial charge on any atom is -0.495 e. The first-order valence-electron chi connectivity index (χ1n) is 8.29. The zero-order valence-corrected chi connectivity index (χ0v) is 14.9. The first kappa shape index (κ1) is 18.5. The Morgan fingerprint density at radius 3 is 2.44 bits per heavy atom. The van der Waals surface area contributed by atoms with Gasteiger partial charge in [-0.15, -0.1) is 0 Å². The molecule has 0 spiro atoms. The molecule has 0 aliphatic heterocycles. The molecule has 5 heteroatoms. The van der Waals surface area contributed by atoms with Crippen LogP contribution in [0.3, 0.4) is 0 Å². The molecule has 0 heterocycles. The van der Waals surface area contributed by atoms with Crippen molar-refractivity contribution in [3.05, 3.63) is 59.2 Å². The third-order valence-electron chi connectivity index (χ3n) is 3.95. The van der Waals surface area contributed by atoms with E-state index in [1.165, 1.54) is 18.2 Å². The van der Waals surface area contributed by atoms with Gasteiger partial charge in [0.1, 0.15) is 5.75 Å². The van der Waals surface area contributed by atoms with Crippen molar-refractivity contribution < 1.29 is 14.3 Å². The number of anilines is 1. The number of ether oxygens (including phenoxy) is 1. The number of carbonyl (C=O) groups is 2. The molecule has 0 aromatic heterocycles. The molecule has 0 radical (unpaired) electrons. The van der Waals surface area contributed by atoms with Gasteiger partial charge in [0.05, 0.1) is 12.8 Å². The Kier molecular flexibility index (Phi) is 6.57. The summed E-state index contributed by atoms with van der Waals surface area (Å²) in [4.78, 5) is 23.9. The molecule has 0 bridgehead atoms. The normalized spacial score (nSPS) is 10.2. The number of hydrogen-bond acceptors (Lipinski definition) is 3. The van der Waals surface area contributed by atoms with Crippen LogP contribution in [-0.4, -0.2) is 26.0 Å². The van der Waals surface area contributed by atoms with E-state index < -0.39 is 0 Å². The lowest BCUT2D eigenvalue weighted by molar-refractivity contribution is -0.116. The highest BCUT2D eigenvalue weighted by molar-refractivity contribution is 5.98. The van der Waals surface area contributed by atoms with Crippen LogP contribution in [0.25, 0.3) is 0 Å². The number of aryl methyl sites for hydroxylation is 2. The predicted molar refractivity (Wildman–Crippen MR) is 99.1 cm³/mol. The molecule has 0 aliphatic rings. The van der Waals surface area contributed by atoms with Crippen LogP contribution in [-0.2, 0) is 11.2 Å². The molecule has 2 N–H and O–H groups in total. The van der Waals surface area contributed by atoms with Crippen molar-refractivity contribution in [3.8, 4) is 5.75 Å². The van der Waals surface area contributed by atoms with Crippen molar-refractivity contribution in [1.29, 1.82) is 0 Å². The molecule has 2 aromatic rings. The average molecular weight is 340 g/mol. The lowest BCUT2D eigenvalue weighted by atomic mass is 10.1. The fraction of sp³-hybridized carbons (Fsp3) is 0.300. The van der Waals surface area contributed by atoms with Gasteiger partial charge in [0.15, 0.2) is 0 Å². The molecule has 25 heavy (non-hydrogen) atoms. The molecule has 0 atom stereocenters. The average Bonchev–Trinajstić information content (AvgIpc) is 2.62. The van der Waals surface area contributed by atoms with Crippen molar-refractivity contribution in [2.75, 3.05) is 19.5 Å². The summed E-state index contributed by atoms with van der Waals surface area (Å²) in [6, 6.07) is 13.3. The van der Waals surface area contributed by atoms with E-state index in [1.807, 2.05) is 0 Å². The van der Waals surface area contributed by atoms with E-state index in [1.54, 1.807) is 25.2 Å². The Balaban J connectivity index is 1.94. The Labute approximate surface area is 148 Å². The highest BCUT2D eigenvalue weighted by atomic mass is 16.5. The molecule has 0 aliphatic carbocycles. The molecular formula is C20H24N2O3. The van der Waals surface area contributed by atoms with Crippen LogP contribution < -0.4 is 15.4 Å². The van der Waals surface area contributed by atoms with Crippen molar-refractivity contribution in [1.82, 2.24) is 5.32 Å². The largest absolute Gasteiger partial charge is 0.495 e. The molecule has 0 saturated carbocycles. The molecule has 2 rings (SSSR count). The second-order valence-electron chi connectivity index (χ2n) is 5.88. The van der Waals surface area contributed by atoms with E-state index in [9.17, 15) is 9.59 Å². The Hall–Kier alpha value is -2.82. The van der Waals surface area contributed by atoms with Gasteiger partial charge in [-0.05, 0) is 43.5 Å². The van der Waals surface area contributed by atoms with Gasteiger partial charge in [-0.3, -0.25) is 9.59 Å². The number of amides is 2. The minimum atomic E-state index is -0.211. The molecule has 5 nitrogen and oxygen atoms in total. The molecule has 0 unspecified atom stereocenters. The fourth-order valence-electron chi connectivity index (χ4n) is 2.51. The zero-order valence-electron chi connectivity index (χ0n) is 14.9. The van der Waals surface area contributed by atoms with E-state index in [4.69, 9.17) is 4.74 Å². The third-order valence-corrected chi connectivity index (χ3v) is 3.95. The first-order chi connectivity index (χ1) is 12.0. The van der Waals surface area contributed by atoms with Crippen molar-refractivity contribution in [2.45, 2.75) is 26.2 Å². The first-order valence-corrected chi connectivity index (χ1v) is 8.29. The predicted octanol–water partition coefficient (Wildman–Crippen LogP) is 3.32. The Morgan fingerprint density at radius 1 is 1.08 bits per heavy atom. The number of hydrogen-bond donors (Lipinski definition) is 2. The molecular weight excluding hydrogens is 316 g/mol. The minimum absolute atomic E-state index is 0.0977. The van der Waals surface area contributed by atoms with E-state index in [0.717, 1.165) is 12.8 Å². The van der Waals surface area contributed by atoms with Crippen LogP contribution in [0.2, 0.25) is 0 Å². The number of benzene rings is 2. The van der Waals surface area contributed by atoms with Crippen LogP contribution >= 0.6 is 0 Å². The number of carbonyl (C=O) groups excluding carboxylic acids is 2. The van der Waals surface area contributed by atoms with Gasteiger partial charge in [0.25, 0.3) is 5.91 Å². The van der Waals surface area contributed by atoms with Crippen LogP contribution in [0.4, 0.5) is 5.69 Å². The Morgan fingerprint density at radius 2 is 1.80 bits per heavy atom. The van der Waals surface area contributed by atoms with Crippen molar-refractivity contribution in [3.63, 3.8) is 0 Å². The lowest BCUT2D eigenvalue weighted by Crippen LogP contribution is -2.18. The fourth-order valence-corrected chi connectivity index (χ4v) is 2.51. The number of rotatable bonds is 7. The standard InChI is InChI=1S/C20H24N2O3/c1-14-7-9-15(10-8-14)5-4-6-19(23)22-17-13-16(20(24)21-2)11-12-18(17)25-3/h7-13H,4-6H2,1-3H3,(H,21,24)(H,22,23). The molecule has 2 aromatic carbocycles. The second kappa shape index (κ2) is 8.87. The topological polar surface area (TPSA) is 67.4 Å². The van der Waals surface area contributed by atoms with Gasteiger partial charge < -0.3 is 15.4 Å². The number of nitrogens with one attached hydrogen (secondary N) is 2. The van der Waals surface area contributed by atoms with Crippen LogP contribution in [0.5, 0.6) is 5.75 Å². The summed E-state index contributed by atoms with van der Waals surface area (Å²) in [6.07, 6.45) is 2.01. The monoisotopic (exact) mass is 340 g/mol. The van der Waals surface area contributed by atoms with Crippen LogP contribution in [0.15, 0.2) is 42.5 Å². The summed E-state index contributed by atoms with van der Waals surface area (Å²) in [7, 11) is 3.10. The maximum atomic E-state index is 12.2. The summed E-state index contributed by atoms with van der Waals surface area (Å²) in [5.74, 6) is 0.219. The van der Waals surface area contributed by atoms with E-state index >= 15 is 0 Å². The highest BCUT2D eigenvalue weighted by Gasteiger charge is 2.11. The smallest absolute Gasteiger partial charge is 0.251 e. The summed E-state index contributed by atoms with van der Waals surface area (Å²) in [5.41, 5.74) is 3.42.